The first-order chi connectivity index (χ1) is 14.7. The number of hydrogen-bond donors (Lipinski definition) is 2. The van der Waals surface area contributed by atoms with Crippen LogP contribution in [-0.4, -0.2) is 10.2 Å². The van der Waals surface area contributed by atoms with Crippen molar-refractivity contribution in [3.63, 3.8) is 0 Å². The fourth-order valence-electron chi connectivity index (χ4n) is 2.12. The Morgan fingerprint density at radius 3 is 0.774 bits per heavy atom. The summed E-state index contributed by atoms with van der Waals surface area (Å²) in [6, 6.07) is 38.8. The van der Waals surface area contributed by atoms with Crippen molar-refractivity contribution in [3.8, 4) is 0 Å². The SMILES string of the molecule is OCc1ccccc1.OCc1ccccc1.[CH2-]c1ccccc1.[CH2-]c1ccccc1.[Ti+2]. The summed E-state index contributed by atoms with van der Waals surface area (Å²) in [6.45, 7) is 7.72. The van der Waals surface area contributed by atoms with Gasteiger partial charge in [-0.2, -0.15) is 49.2 Å². The van der Waals surface area contributed by atoms with Crippen LogP contribution in [0.15, 0.2) is 121 Å². The van der Waals surface area contributed by atoms with Crippen LogP contribution in [0.4, 0.5) is 0 Å². The summed E-state index contributed by atoms with van der Waals surface area (Å²) >= 11 is 0. The monoisotopic (exact) mass is 446 g/mol. The fourth-order valence-corrected chi connectivity index (χ4v) is 2.12. The van der Waals surface area contributed by atoms with Gasteiger partial charge in [0, 0.05) is 0 Å². The smallest absolute Gasteiger partial charge is 0.392 e. The van der Waals surface area contributed by atoms with Crippen molar-refractivity contribution in [2.24, 2.45) is 0 Å². The summed E-state index contributed by atoms with van der Waals surface area (Å²) in [5, 5.41) is 17.1. The molecule has 3 heteroatoms. The van der Waals surface area contributed by atoms with Crippen molar-refractivity contribution in [1.82, 2.24) is 0 Å². The predicted molar refractivity (Wildman–Crippen MR) is 127 cm³/mol. The minimum Gasteiger partial charge on any atom is -0.392 e. The minimum absolute atomic E-state index is 0. The van der Waals surface area contributed by atoms with Crippen molar-refractivity contribution < 1.29 is 31.9 Å². The fraction of sp³-hybridized carbons (Fsp3) is 0.0714. The number of benzene rings is 4. The Morgan fingerprint density at radius 2 is 0.645 bits per heavy atom. The van der Waals surface area contributed by atoms with E-state index in [0.717, 1.165) is 22.3 Å². The summed E-state index contributed by atoms with van der Waals surface area (Å²) < 4.78 is 0. The zero-order chi connectivity index (χ0) is 21.9. The van der Waals surface area contributed by atoms with Gasteiger partial charge >= 0.3 is 21.7 Å². The van der Waals surface area contributed by atoms with E-state index in [1.165, 1.54) is 0 Å². The Bertz CT molecular complexity index is 791. The Hall–Kier alpha value is -2.75. The zero-order valence-electron chi connectivity index (χ0n) is 17.8. The molecule has 4 aromatic rings. The molecule has 0 aliphatic rings. The molecule has 0 unspecified atom stereocenters. The minimum atomic E-state index is 0. The number of rotatable bonds is 2. The van der Waals surface area contributed by atoms with Gasteiger partial charge < -0.3 is 10.2 Å². The topological polar surface area (TPSA) is 40.5 Å². The van der Waals surface area contributed by atoms with Gasteiger partial charge in [-0.1, -0.05) is 72.8 Å². The molecule has 0 fully saturated rings. The molecule has 0 atom stereocenters. The molecule has 0 saturated heterocycles. The molecule has 0 heterocycles. The maximum atomic E-state index is 8.54. The Balaban J connectivity index is 0.000000384. The largest absolute Gasteiger partial charge is 2.00 e. The van der Waals surface area contributed by atoms with Crippen LogP contribution in [0.25, 0.3) is 0 Å². The third kappa shape index (κ3) is 15.7. The molecule has 0 aromatic heterocycles. The van der Waals surface area contributed by atoms with Gasteiger partial charge in [-0.15, -0.1) is 24.3 Å². The molecular weight excluding hydrogens is 416 g/mol. The van der Waals surface area contributed by atoms with Crippen molar-refractivity contribution in [2.75, 3.05) is 0 Å². The first kappa shape index (κ1) is 28.3. The maximum Gasteiger partial charge on any atom is 2.00 e. The molecule has 0 saturated carbocycles. The van der Waals surface area contributed by atoms with Crippen LogP contribution in [-0.2, 0) is 34.9 Å². The summed E-state index contributed by atoms with van der Waals surface area (Å²) in [4.78, 5) is 0. The van der Waals surface area contributed by atoms with Crippen LogP contribution in [0.5, 0.6) is 0 Å². The molecular formula is C28H30O2Ti. The third-order valence-electron chi connectivity index (χ3n) is 3.74. The van der Waals surface area contributed by atoms with E-state index in [2.05, 4.69) is 13.8 Å². The molecule has 0 bridgehead atoms. The number of aliphatic hydroxyl groups excluding tert-OH is 2. The predicted octanol–water partition coefficient (Wildman–Crippen LogP) is 6.09. The van der Waals surface area contributed by atoms with Crippen molar-refractivity contribution >= 4 is 0 Å². The molecule has 158 valence electrons. The first-order valence-corrected chi connectivity index (χ1v) is 9.69. The van der Waals surface area contributed by atoms with Gasteiger partial charge in [0.25, 0.3) is 0 Å². The first-order valence-electron chi connectivity index (χ1n) is 9.69. The van der Waals surface area contributed by atoms with Gasteiger partial charge in [0.1, 0.15) is 0 Å². The van der Waals surface area contributed by atoms with E-state index in [4.69, 9.17) is 10.2 Å². The van der Waals surface area contributed by atoms with Crippen LogP contribution in [0.2, 0.25) is 0 Å². The quantitative estimate of drug-likeness (QED) is 0.289. The number of hydrogen-bond acceptors (Lipinski definition) is 2. The van der Waals surface area contributed by atoms with Gasteiger partial charge in [-0.3, -0.25) is 0 Å². The normalized spacial score (nSPS) is 8.58. The standard InChI is InChI=1S/2C7H8O.2C7H7.Ti/c2*8-6-7-4-2-1-3-5-7;2*1-7-5-3-2-4-6-7;/h2*1-5,8H,6H2;2*2-6H,1H2;/q;;2*-1;+2. The van der Waals surface area contributed by atoms with Crippen LogP contribution >= 0.6 is 0 Å². The number of aliphatic hydroxyl groups is 2. The van der Waals surface area contributed by atoms with E-state index in [-0.39, 0.29) is 34.9 Å². The Kier molecular flexibility index (Phi) is 17.5. The third-order valence-corrected chi connectivity index (χ3v) is 3.74. The van der Waals surface area contributed by atoms with Gasteiger partial charge in [-0.05, 0) is 11.1 Å². The Morgan fingerprint density at radius 1 is 0.419 bits per heavy atom. The maximum absolute atomic E-state index is 8.54. The second-order valence-electron chi connectivity index (χ2n) is 6.26. The Labute approximate surface area is 202 Å². The molecule has 2 N–H and O–H groups in total. The second kappa shape index (κ2) is 19.2. The molecule has 0 aliphatic heterocycles. The van der Waals surface area contributed by atoms with E-state index in [9.17, 15) is 0 Å². The molecule has 31 heavy (non-hydrogen) atoms. The van der Waals surface area contributed by atoms with Gasteiger partial charge in [0.15, 0.2) is 0 Å². The van der Waals surface area contributed by atoms with Crippen LogP contribution in [0.1, 0.15) is 22.3 Å². The molecule has 2 nitrogen and oxygen atoms in total. The summed E-state index contributed by atoms with van der Waals surface area (Å²) in [5.41, 5.74) is 4.07. The van der Waals surface area contributed by atoms with E-state index in [1.54, 1.807) is 0 Å². The van der Waals surface area contributed by atoms with Gasteiger partial charge in [0.05, 0.1) is 13.2 Å². The zero-order valence-corrected chi connectivity index (χ0v) is 19.3. The molecule has 0 aliphatic carbocycles. The molecule has 0 radical (unpaired) electrons. The molecule has 4 rings (SSSR count). The van der Waals surface area contributed by atoms with Crippen molar-refractivity contribution in [3.05, 3.63) is 157 Å². The average molecular weight is 446 g/mol. The van der Waals surface area contributed by atoms with Gasteiger partial charge in [0.2, 0.25) is 0 Å². The average Bonchev–Trinajstić information content (AvgIpc) is 2.82. The molecule has 0 amide bonds. The van der Waals surface area contributed by atoms with Crippen molar-refractivity contribution in [1.29, 1.82) is 0 Å². The van der Waals surface area contributed by atoms with E-state index < -0.39 is 0 Å². The van der Waals surface area contributed by atoms with E-state index >= 15 is 0 Å². The summed E-state index contributed by atoms with van der Waals surface area (Å²) in [6.07, 6.45) is 0. The summed E-state index contributed by atoms with van der Waals surface area (Å²) in [7, 11) is 0. The van der Waals surface area contributed by atoms with Gasteiger partial charge in [-0.25, -0.2) is 0 Å². The molecule has 4 aromatic carbocycles. The van der Waals surface area contributed by atoms with Crippen LogP contribution in [0.3, 0.4) is 0 Å². The summed E-state index contributed by atoms with van der Waals surface area (Å²) in [5.74, 6) is 0. The van der Waals surface area contributed by atoms with Crippen LogP contribution < -0.4 is 0 Å². The van der Waals surface area contributed by atoms with Crippen LogP contribution in [0, 0.1) is 13.8 Å². The van der Waals surface area contributed by atoms with Crippen molar-refractivity contribution in [2.45, 2.75) is 13.2 Å². The van der Waals surface area contributed by atoms with E-state index in [0.29, 0.717) is 0 Å². The van der Waals surface area contributed by atoms with E-state index in [1.807, 2.05) is 121 Å². The molecule has 0 spiro atoms. The second-order valence-corrected chi connectivity index (χ2v) is 6.26.